The fourth-order valence-corrected chi connectivity index (χ4v) is 3.50. The van der Waals surface area contributed by atoms with Crippen molar-refractivity contribution in [2.45, 2.75) is 19.4 Å². The highest BCUT2D eigenvalue weighted by atomic mass is 32.1. The number of thiophene rings is 1. The smallest absolute Gasteiger partial charge is 0.310 e. The highest BCUT2D eigenvalue weighted by Gasteiger charge is 2.19. The predicted octanol–water partition coefficient (Wildman–Crippen LogP) is 4.19. The van der Waals surface area contributed by atoms with Gasteiger partial charge in [-0.1, -0.05) is 48.0 Å². The molecule has 0 aliphatic carbocycles. The number of nitrogens with one attached hydrogen (secondary N) is 1. The summed E-state index contributed by atoms with van der Waals surface area (Å²) in [7, 11) is 0. The number of aryl methyl sites for hydroxylation is 1. The van der Waals surface area contributed by atoms with Crippen molar-refractivity contribution in [3.63, 3.8) is 0 Å². The average molecular weight is 397 g/mol. The van der Waals surface area contributed by atoms with Crippen LogP contribution in [0, 0.1) is 12.7 Å². The second kappa shape index (κ2) is 9.28. The SMILES string of the molecule is Cc1ccc(CC(=O)OCC(=O)N[C@H](c2ccc(F)cc2)c2cccs2)cc1. The minimum atomic E-state index is -0.464. The van der Waals surface area contributed by atoms with E-state index in [1.165, 1.54) is 23.5 Å². The maximum atomic E-state index is 13.2. The molecule has 0 spiro atoms. The normalized spacial score (nSPS) is 11.6. The fraction of sp³-hybridized carbons (Fsp3) is 0.182. The lowest BCUT2D eigenvalue weighted by atomic mass is 10.1. The van der Waals surface area contributed by atoms with Crippen LogP contribution in [0.15, 0.2) is 66.0 Å². The van der Waals surface area contributed by atoms with E-state index in [4.69, 9.17) is 4.74 Å². The van der Waals surface area contributed by atoms with Gasteiger partial charge in [-0.3, -0.25) is 9.59 Å². The Morgan fingerprint density at radius 1 is 1.07 bits per heavy atom. The lowest BCUT2D eigenvalue weighted by Gasteiger charge is -2.18. The largest absolute Gasteiger partial charge is 0.455 e. The summed E-state index contributed by atoms with van der Waals surface area (Å²) in [6, 6.07) is 16.9. The molecular formula is C22H20FNO3S. The van der Waals surface area contributed by atoms with E-state index in [0.717, 1.165) is 21.6 Å². The van der Waals surface area contributed by atoms with Gasteiger partial charge in [0.1, 0.15) is 5.82 Å². The van der Waals surface area contributed by atoms with Crippen LogP contribution in [-0.2, 0) is 20.7 Å². The molecule has 3 aromatic rings. The number of esters is 1. The van der Waals surface area contributed by atoms with Crippen LogP contribution in [0.3, 0.4) is 0 Å². The highest BCUT2D eigenvalue weighted by molar-refractivity contribution is 7.10. The molecule has 1 aromatic heterocycles. The molecule has 1 N–H and O–H groups in total. The number of carbonyl (C=O) groups is 2. The van der Waals surface area contributed by atoms with Gasteiger partial charge in [0, 0.05) is 4.88 Å². The number of hydrogen-bond acceptors (Lipinski definition) is 4. The number of amides is 1. The molecule has 3 rings (SSSR count). The van der Waals surface area contributed by atoms with E-state index in [1.54, 1.807) is 12.1 Å². The van der Waals surface area contributed by atoms with Crippen LogP contribution in [0.25, 0.3) is 0 Å². The Bertz CT molecular complexity index is 921. The Balaban J connectivity index is 1.58. The van der Waals surface area contributed by atoms with Crippen molar-refractivity contribution in [3.05, 3.63) is 93.4 Å². The van der Waals surface area contributed by atoms with Crippen LogP contribution in [-0.4, -0.2) is 18.5 Å². The van der Waals surface area contributed by atoms with Gasteiger partial charge in [0.05, 0.1) is 12.5 Å². The van der Waals surface area contributed by atoms with Crippen LogP contribution >= 0.6 is 11.3 Å². The molecule has 0 aliphatic rings. The van der Waals surface area contributed by atoms with Crippen molar-refractivity contribution in [2.24, 2.45) is 0 Å². The first kappa shape index (κ1) is 19.8. The van der Waals surface area contributed by atoms with Crippen LogP contribution in [0.2, 0.25) is 0 Å². The zero-order chi connectivity index (χ0) is 19.9. The molecule has 6 heteroatoms. The van der Waals surface area contributed by atoms with Crippen molar-refractivity contribution in [3.8, 4) is 0 Å². The summed E-state index contributed by atoms with van der Waals surface area (Å²) < 4.78 is 18.3. The topological polar surface area (TPSA) is 55.4 Å². The first-order valence-electron chi connectivity index (χ1n) is 8.80. The Morgan fingerprint density at radius 2 is 1.79 bits per heavy atom. The molecular weight excluding hydrogens is 377 g/mol. The average Bonchev–Trinajstić information content (AvgIpc) is 3.22. The second-order valence-electron chi connectivity index (χ2n) is 6.39. The van der Waals surface area contributed by atoms with Gasteiger partial charge in [0.15, 0.2) is 6.61 Å². The first-order chi connectivity index (χ1) is 13.5. The summed E-state index contributed by atoms with van der Waals surface area (Å²) in [6.07, 6.45) is 0.111. The van der Waals surface area contributed by atoms with Crippen molar-refractivity contribution < 1.29 is 18.7 Å². The molecule has 0 fully saturated rings. The van der Waals surface area contributed by atoms with E-state index in [-0.39, 0.29) is 18.8 Å². The summed E-state index contributed by atoms with van der Waals surface area (Å²) in [5.41, 5.74) is 2.69. The second-order valence-corrected chi connectivity index (χ2v) is 7.37. The van der Waals surface area contributed by atoms with E-state index in [0.29, 0.717) is 0 Å². The summed E-state index contributed by atoms with van der Waals surface area (Å²) in [4.78, 5) is 25.2. The quantitative estimate of drug-likeness (QED) is 0.609. The third-order valence-corrected chi connectivity index (χ3v) is 5.11. The Morgan fingerprint density at radius 3 is 2.43 bits per heavy atom. The molecule has 4 nitrogen and oxygen atoms in total. The minimum absolute atomic E-state index is 0.111. The third-order valence-electron chi connectivity index (χ3n) is 4.17. The predicted molar refractivity (Wildman–Crippen MR) is 107 cm³/mol. The molecule has 0 saturated carbocycles. The molecule has 0 unspecified atom stereocenters. The zero-order valence-corrected chi connectivity index (χ0v) is 16.2. The Labute approximate surface area is 167 Å². The summed E-state index contributed by atoms with van der Waals surface area (Å²) in [5.74, 6) is -1.22. The molecule has 1 heterocycles. The Hall–Kier alpha value is -2.99. The zero-order valence-electron chi connectivity index (χ0n) is 15.4. The van der Waals surface area contributed by atoms with Gasteiger partial charge in [0.2, 0.25) is 0 Å². The molecule has 28 heavy (non-hydrogen) atoms. The molecule has 144 valence electrons. The molecule has 0 aliphatic heterocycles. The van der Waals surface area contributed by atoms with Crippen LogP contribution in [0.4, 0.5) is 4.39 Å². The van der Waals surface area contributed by atoms with Crippen LogP contribution in [0.5, 0.6) is 0 Å². The van der Waals surface area contributed by atoms with Gasteiger partial charge in [-0.05, 0) is 41.6 Å². The van der Waals surface area contributed by atoms with Crippen molar-refractivity contribution in [1.29, 1.82) is 0 Å². The maximum absolute atomic E-state index is 13.2. The number of halogens is 1. The van der Waals surface area contributed by atoms with E-state index >= 15 is 0 Å². The first-order valence-corrected chi connectivity index (χ1v) is 9.68. The van der Waals surface area contributed by atoms with Gasteiger partial charge in [-0.15, -0.1) is 11.3 Å². The van der Waals surface area contributed by atoms with Gasteiger partial charge < -0.3 is 10.1 Å². The van der Waals surface area contributed by atoms with Gasteiger partial charge in [-0.25, -0.2) is 4.39 Å². The Kier molecular flexibility index (Phi) is 6.55. The minimum Gasteiger partial charge on any atom is -0.455 e. The van der Waals surface area contributed by atoms with Gasteiger partial charge in [0.25, 0.3) is 5.91 Å². The molecule has 1 atom stereocenters. The summed E-state index contributed by atoms with van der Waals surface area (Å²) in [5, 5.41) is 4.76. The molecule has 1 amide bonds. The lowest BCUT2D eigenvalue weighted by molar-refractivity contribution is -0.148. The van der Waals surface area contributed by atoms with E-state index in [1.807, 2.05) is 48.7 Å². The summed E-state index contributed by atoms with van der Waals surface area (Å²) >= 11 is 1.48. The number of ether oxygens (including phenoxy) is 1. The van der Waals surface area contributed by atoms with Crippen molar-refractivity contribution >= 4 is 23.2 Å². The monoisotopic (exact) mass is 397 g/mol. The van der Waals surface area contributed by atoms with Crippen LogP contribution < -0.4 is 5.32 Å². The van der Waals surface area contributed by atoms with Crippen molar-refractivity contribution in [1.82, 2.24) is 5.32 Å². The lowest BCUT2D eigenvalue weighted by Crippen LogP contribution is -2.33. The van der Waals surface area contributed by atoms with E-state index < -0.39 is 17.9 Å². The number of hydrogen-bond donors (Lipinski definition) is 1. The standard InChI is InChI=1S/C22H20FNO3S/c1-15-4-6-16(7-5-15)13-21(26)27-14-20(25)24-22(19-3-2-12-28-19)17-8-10-18(23)11-9-17/h2-12,22H,13-14H2,1H3,(H,24,25)/t22-/m1/s1. The summed E-state index contributed by atoms with van der Waals surface area (Å²) in [6.45, 7) is 1.60. The van der Waals surface area contributed by atoms with Crippen molar-refractivity contribution in [2.75, 3.05) is 6.61 Å². The van der Waals surface area contributed by atoms with Gasteiger partial charge >= 0.3 is 5.97 Å². The van der Waals surface area contributed by atoms with Crippen LogP contribution in [0.1, 0.15) is 27.6 Å². The number of carbonyl (C=O) groups excluding carboxylic acids is 2. The molecule has 0 bridgehead atoms. The number of benzene rings is 2. The van der Waals surface area contributed by atoms with Gasteiger partial charge in [-0.2, -0.15) is 0 Å². The fourth-order valence-electron chi connectivity index (χ4n) is 2.70. The molecule has 2 aromatic carbocycles. The number of rotatable bonds is 7. The molecule has 0 saturated heterocycles. The maximum Gasteiger partial charge on any atom is 0.310 e. The third kappa shape index (κ3) is 5.50. The molecule has 0 radical (unpaired) electrons. The van der Waals surface area contributed by atoms with E-state index in [2.05, 4.69) is 5.32 Å². The van der Waals surface area contributed by atoms with E-state index in [9.17, 15) is 14.0 Å². The highest BCUT2D eigenvalue weighted by Crippen LogP contribution is 2.26.